The molecule has 3 N–H and O–H groups in total. The first-order valence-corrected chi connectivity index (χ1v) is 13.4. The topological polar surface area (TPSA) is 132 Å². The molecule has 2 fully saturated rings. The standard InChI is InChI=1S/C30H31N5O5/c36-27(37)18-24(23-7-4-12-31-19-23)32-29(39)22-10-11-26(25(17-22)33-28(38)20-5-2-1-3-6-20)34-13-15-35(16-14-34)30(40)21-8-9-21/h1-7,10-12,17,19,21,24H,8-9,13-16,18H2,(H,32,39)(H,33,38)(H,36,37). The molecule has 10 nitrogen and oxygen atoms in total. The highest BCUT2D eigenvalue weighted by Crippen LogP contribution is 2.33. The van der Waals surface area contributed by atoms with Crippen LogP contribution in [0.5, 0.6) is 0 Å². The SMILES string of the molecule is O=C(O)CC(NC(=O)c1ccc(N2CCN(C(=O)C3CC3)CC2)c(NC(=O)c2ccccc2)c1)c1cccnc1. The van der Waals surface area contributed by atoms with Crippen LogP contribution in [0.3, 0.4) is 0 Å². The molecule has 1 aromatic heterocycles. The second-order valence-corrected chi connectivity index (χ2v) is 10.0. The van der Waals surface area contributed by atoms with Crippen LogP contribution in [0.15, 0.2) is 73.1 Å². The second kappa shape index (κ2) is 12.0. The Morgan fingerprint density at radius 2 is 1.65 bits per heavy atom. The molecule has 1 aliphatic carbocycles. The van der Waals surface area contributed by atoms with E-state index in [1.165, 1.54) is 6.20 Å². The molecule has 2 heterocycles. The number of amides is 3. The molecule has 2 aromatic carbocycles. The summed E-state index contributed by atoms with van der Waals surface area (Å²) in [4.78, 5) is 58.4. The smallest absolute Gasteiger partial charge is 0.305 e. The van der Waals surface area contributed by atoms with Gasteiger partial charge in [0, 0.05) is 55.6 Å². The predicted molar refractivity (Wildman–Crippen MR) is 149 cm³/mol. The van der Waals surface area contributed by atoms with Gasteiger partial charge in [-0.1, -0.05) is 24.3 Å². The number of carbonyl (C=O) groups is 4. The zero-order chi connectivity index (χ0) is 28.1. The van der Waals surface area contributed by atoms with Crippen molar-refractivity contribution in [1.29, 1.82) is 0 Å². The highest BCUT2D eigenvalue weighted by atomic mass is 16.4. The number of nitrogens with one attached hydrogen (secondary N) is 2. The van der Waals surface area contributed by atoms with E-state index in [4.69, 9.17) is 0 Å². The van der Waals surface area contributed by atoms with Gasteiger partial charge in [-0.25, -0.2) is 0 Å². The van der Waals surface area contributed by atoms with Crippen molar-refractivity contribution in [3.63, 3.8) is 0 Å². The number of aromatic nitrogens is 1. The molecule has 0 spiro atoms. The van der Waals surface area contributed by atoms with Gasteiger partial charge in [-0.3, -0.25) is 24.2 Å². The molecule has 206 valence electrons. The number of aliphatic carboxylic acids is 1. The van der Waals surface area contributed by atoms with E-state index in [1.807, 2.05) is 11.0 Å². The second-order valence-electron chi connectivity index (χ2n) is 10.0. The van der Waals surface area contributed by atoms with Crippen LogP contribution >= 0.6 is 0 Å². The number of carbonyl (C=O) groups excluding carboxylic acids is 3. The summed E-state index contributed by atoms with van der Waals surface area (Å²) in [6.07, 6.45) is 4.72. The van der Waals surface area contributed by atoms with Gasteiger partial charge < -0.3 is 25.5 Å². The number of carboxylic acid groups (broad SMARTS) is 1. The van der Waals surface area contributed by atoms with Crippen molar-refractivity contribution in [3.05, 3.63) is 89.7 Å². The maximum atomic E-state index is 13.3. The molecular weight excluding hydrogens is 510 g/mol. The van der Waals surface area contributed by atoms with E-state index in [2.05, 4.69) is 20.5 Å². The fraction of sp³-hybridized carbons (Fsp3) is 0.300. The van der Waals surface area contributed by atoms with Gasteiger partial charge in [-0.15, -0.1) is 0 Å². The van der Waals surface area contributed by atoms with Gasteiger partial charge in [0.15, 0.2) is 0 Å². The summed E-state index contributed by atoms with van der Waals surface area (Å²) in [5.74, 6) is -1.46. The minimum absolute atomic E-state index is 0.168. The fourth-order valence-electron chi connectivity index (χ4n) is 4.84. The molecule has 40 heavy (non-hydrogen) atoms. The molecule has 3 amide bonds. The summed E-state index contributed by atoms with van der Waals surface area (Å²) in [6, 6.07) is 16.4. The molecular formula is C30H31N5O5. The van der Waals surface area contributed by atoms with Gasteiger partial charge in [-0.2, -0.15) is 0 Å². The Kier molecular flexibility index (Phi) is 8.04. The van der Waals surface area contributed by atoms with Crippen LogP contribution in [0, 0.1) is 5.92 Å². The molecule has 5 rings (SSSR count). The monoisotopic (exact) mass is 541 g/mol. The number of rotatable bonds is 9. The van der Waals surface area contributed by atoms with Gasteiger partial charge >= 0.3 is 5.97 Å². The number of benzene rings is 2. The van der Waals surface area contributed by atoms with Gasteiger partial charge in [-0.05, 0) is 54.8 Å². The average Bonchev–Trinajstić information content (AvgIpc) is 3.83. The Labute approximate surface area is 232 Å². The summed E-state index contributed by atoms with van der Waals surface area (Å²) in [6.45, 7) is 2.37. The van der Waals surface area contributed by atoms with E-state index in [1.54, 1.807) is 60.8 Å². The van der Waals surface area contributed by atoms with Crippen LogP contribution < -0.4 is 15.5 Å². The van der Waals surface area contributed by atoms with Crippen molar-refractivity contribution < 1.29 is 24.3 Å². The maximum absolute atomic E-state index is 13.3. The van der Waals surface area contributed by atoms with Gasteiger partial charge in [0.25, 0.3) is 11.8 Å². The lowest BCUT2D eigenvalue weighted by Gasteiger charge is -2.37. The van der Waals surface area contributed by atoms with Gasteiger partial charge in [0.05, 0.1) is 23.8 Å². The summed E-state index contributed by atoms with van der Waals surface area (Å²) in [7, 11) is 0. The molecule has 1 atom stereocenters. The third-order valence-corrected chi connectivity index (χ3v) is 7.17. The lowest BCUT2D eigenvalue weighted by molar-refractivity contribution is -0.137. The van der Waals surface area contributed by atoms with Crippen LogP contribution in [0.2, 0.25) is 0 Å². The minimum Gasteiger partial charge on any atom is -0.481 e. The van der Waals surface area contributed by atoms with Crippen molar-refractivity contribution >= 4 is 35.1 Å². The number of pyridine rings is 1. The first-order chi connectivity index (χ1) is 19.4. The molecule has 1 saturated heterocycles. The lowest BCUT2D eigenvalue weighted by atomic mass is 10.0. The minimum atomic E-state index is -1.06. The van der Waals surface area contributed by atoms with Crippen LogP contribution in [-0.2, 0) is 9.59 Å². The van der Waals surface area contributed by atoms with Crippen LogP contribution in [0.1, 0.15) is 51.6 Å². The number of hydrogen-bond donors (Lipinski definition) is 3. The van der Waals surface area contributed by atoms with E-state index in [9.17, 15) is 24.3 Å². The zero-order valence-corrected chi connectivity index (χ0v) is 22.0. The first kappa shape index (κ1) is 26.9. The van der Waals surface area contributed by atoms with Crippen LogP contribution in [0.25, 0.3) is 0 Å². The van der Waals surface area contributed by atoms with Crippen LogP contribution in [-0.4, -0.2) is 64.9 Å². The third-order valence-electron chi connectivity index (χ3n) is 7.17. The van der Waals surface area contributed by atoms with Crippen molar-refractivity contribution in [2.24, 2.45) is 5.92 Å². The quantitative estimate of drug-likeness (QED) is 0.379. The summed E-state index contributed by atoms with van der Waals surface area (Å²) < 4.78 is 0. The Balaban J connectivity index is 1.38. The molecule has 0 bridgehead atoms. The predicted octanol–water partition coefficient (Wildman–Crippen LogP) is 3.34. The molecule has 3 aromatic rings. The van der Waals surface area contributed by atoms with E-state index in [0.717, 1.165) is 18.5 Å². The summed E-state index contributed by atoms with van der Waals surface area (Å²) >= 11 is 0. The van der Waals surface area contributed by atoms with Crippen molar-refractivity contribution in [3.8, 4) is 0 Å². The Bertz CT molecular complexity index is 1390. The van der Waals surface area contributed by atoms with E-state index >= 15 is 0 Å². The molecule has 0 radical (unpaired) electrons. The fourth-order valence-corrected chi connectivity index (χ4v) is 4.84. The number of carboxylic acids is 1. The highest BCUT2D eigenvalue weighted by molar-refractivity contribution is 6.07. The van der Waals surface area contributed by atoms with Crippen molar-refractivity contribution in [2.45, 2.75) is 25.3 Å². The molecule has 1 aliphatic heterocycles. The average molecular weight is 542 g/mol. The number of hydrogen-bond acceptors (Lipinski definition) is 6. The van der Waals surface area contributed by atoms with E-state index in [0.29, 0.717) is 43.0 Å². The van der Waals surface area contributed by atoms with Crippen molar-refractivity contribution in [1.82, 2.24) is 15.2 Å². The first-order valence-electron chi connectivity index (χ1n) is 13.4. The third kappa shape index (κ3) is 6.45. The highest BCUT2D eigenvalue weighted by Gasteiger charge is 2.35. The molecule has 1 unspecified atom stereocenters. The Morgan fingerprint density at radius 3 is 2.30 bits per heavy atom. The van der Waals surface area contributed by atoms with Crippen molar-refractivity contribution in [2.75, 3.05) is 36.4 Å². The van der Waals surface area contributed by atoms with E-state index < -0.39 is 17.9 Å². The molecule has 1 saturated carbocycles. The van der Waals surface area contributed by atoms with Gasteiger partial charge in [0.2, 0.25) is 5.91 Å². The van der Waals surface area contributed by atoms with Gasteiger partial charge in [0.1, 0.15) is 0 Å². The van der Waals surface area contributed by atoms with E-state index in [-0.39, 0.29) is 29.7 Å². The normalized spacial score (nSPS) is 15.7. The largest absolute Gasteiger partial charge is 0.481 e. The maximum Gasteiger partial charge on any atom is 0.305 e. The molecule has 10 heteroatoms. The Morgan fingerprint density at radius 1 is 0.900 bits per heavy atom. The number of piperazine rings is 1. The summed E-state index contributed by atoms with van der Waals surface area (Å²) in [5, 5.41) is 15.1. The zero-order valence-electron chi connectivity index (χ0n) is 22.0. The Hall–Kier alpha value is -4.73. The number of anilines is 2. The van der Waals surface area contributed by atoms with Crippen LogP contribution in [0.4, 0.5) is 11.4 Å². The lowest BCUT2D eigenvalue weighted by Crippen LogP contribution is -2.49. The summed E-state index contributed by atoms with van der Waals surface area (Å²) in [5.41, 5.74) is 2.52. The molecule has 2 aliphatic rings. The number of nitrogens with zero attached hydrogens (tertiary/aromatic N) is 3.